The summed E-state index contributed by atoms with van der Waals surface area (Å²) < 4.78 is 0. The number of aromatic amines is 1. The molecule has 0 aliphatic rings. The summed E-state index contributed by atoms with van der Waals surface area (Å²) in [5.74, 6) is 0.147. The Kier molecular flexibility index (Phi) is 3.90. The van der Waals surface area contributed by atoms with Gasteiger partial charge in [0.05, 0.1) is 6.61 Å². The van der Waals surface area contributed by atoms with Gasteiger partial charge in [0.25, 0.3) is 5.56 Å². The number of aliphatic hydroxyl groups is 1. The van der Waals surface area contributed by atoms with Crippen LogP contribution in [0.1, 0.15) is 5.56 Å². The average Bonchev–Trinajstić information content (AvgIpc) is 2.27. The van der Waals surface area contributed by atoms with Crippen molar-refractivity contribution in [3.63, 3.8) is 0 Å². The minimum atomic E-state index is -0.322. The summed E-state index contributed by atoms with van der Waals surface area (Å²) in [5.41, 5.74) is 5.76. The molecule has 0 spiro atoms. The molecule has 0 atom stereocenters. The number of hydrogen-bond acceptors (Lipinski definition) is 5. The number of rotatable bonds is 3. The smallest absolute Gasteiger partial charge is 0.253 e. The zero-order valence-corrected chi connectivity index (χ0v) is 10.8. The van der Waals surface area contributed by atoms with E-state index in [9.17, 15) is 9.90 Å². The van der Waals surface area contributed by atoms with Crippen molar-refractivity contribution < 1.29 is 5.11 Å². The Balaban J connectivity index is 2.39. The zero-order chi connectivity index (χ0) is 13.1. The Morgan fingerprint density at radius 2 is 2.28 bits per heavy atom. The molecule has 18 heavy (non-hydrogen) atoms. The Hall–Kier alpha value is -1.50. The lowest BCUT2D eigenvalue weighted by Crippen LogP contribution is -2.09. The molecule has 1 heterocycles. The lowest BCUT2D eigenvalue weighted by Gasteiger charge is -2.08. The van der Waals surface area contributed by atoms with Crippen molar-refractivity contribution >= 4 is 29.2 Å². The van der Waals surface area contributed by atoms with E-state index in [2.05, 4.69) is 9.97 Å². The van der Waals surface area contributed by atoms with Crippen LogP contribution in [0.3, 0.4) is 0 Å². The van der Waals surface area contributed by atoms with Gasteiger partial charge in [0, 0.05) is 21.5 Å². The van der Waals surface area contributed by atoms with Crippen LogP contribution in [0, 0.1) is 0 Å². The van der Waals surface area contributed by atoms with Gasteiger partial charge in [0.1, 0.15) is 5.82 Å². The van der Waals surface area contributed by atoms with Gasteiger partial charge in [0.2, 0.25) is 0 Å². The Morgan fingerprint density at radius 3 is 2.94 bits per heavy atom. The third kappa shape index (κ3) is 2.84. The molecule has 2 rings (SSSR count). The molecular formula is C11H10ClN3O2S. The monoisotopic (exact) mass is 283 g/mol. The number of anilines is 1. The van der Waals surface area contributed by atoms with Crippen molar-refractivity contribution in [2.45, 2.75) is 16.7 Å². The predicted molar refractivity (Wildman–Crippen MR) is 70.8 cm³/mol. The SMILES string of the molecule is Nc1cc(=O)[nH]c(Sc2cccc(Cl)c2CO)n1. The van der Waals surface area contributed by atoms with Gasteiger partial charge in [-0.1, -0.05) is 29.4 Å². The van der Waals surface area contributed by atoms with Gasteiger partial charge in [-0.3, -0.25) is 4.79 Å². The van der Waals surface area contributed by atoms with E-state index in [1.165, 1.54) is 17.8 Å². The Bertz CT molecular complexity index is 630. The molecule has 0 aliphatic heterocycles. The third-order valence-electron chi connectivity index (χ3n) is 2.18. The molecule has 0 aliphatic carbocycles. The maximum Gasteiger partial charge on any atom is 0.253 e. The summed E-state index contributed by atoms with van der Waals surface area (Å²) in [6.07, 6.45) is 0. The molecule has 94 valence electrons. The summed E-state index contributed by atoms with van der Waals surface area (Å²) in [6, 6.07) is 6.43. The first-order chi connectivity index (χ1) is 8.60. The molecule has 0 unspecified atom stereocenters. The van der Waals surface area contributed by atoms with E-state index in [1.807, 2.05) is 0 Å². The van der Waals surface area contributed by atoms with Crippen LogP contribution >= 0.6 is 23.4 Å². The fraction of sp³-hybridized carbons (Fsp3) is 0.0909. The van der Waals surface area contributed by atoms with Gasteiger partial charge in [-0.15, -0.1) is 0 Å². The number of nitrogen functional groups attached to an aromatic ring is 1. The van der Waals surface area contributed by atoms with Crippen LogP contribution in [0.4, 0.5) is 5.82 Å². The molecule has 1 aromatic carbocycles. The van der Waals surface area contributed by atoms with Crippen LogP contribution in [0.2, 0.25) is 5.02 Å². The highest BCUT2D eigenvalue weighted by Crippen LogP contribution is 2.31. The molecule has 0 saturated heterocycles. The fourth-order valence-corrected chi connectivity index (χ4v) is 2.64. The number of aromatic nitrogens is 2. The summed E-state index contributed by atoms with van der Waals surface area (Å²) >= 11 is 7.16. The van der Waals surface area contributed by atoms with Crippen molar-refractivity contribution in [3.8, 4) is 0 Å². The fourth-order valence-electron chi connectivity index (χ4n) is 1.39. The highest BCUT2D eigenvalue weighted by atomic mass is 35.5. The van der Waals surface area contributed by atoms with Crippen molar-refractivity contribution in [1.82, 2.24) is 9.97 Å². The number of nitrogens with one attached hydrogen (secondary N) is 1. The second kappa shape index (κ2) is 5.43. The molecule has 4 N–H and O–H groups in total. The van der Waals surface area contributed by atoms with Crippen LogP contribution in [0.5, 0.6) is 0 Å². The van der Waals surface area contributed by atoms with E-state index < -0.39 is 0 Å². The lowest BCUT2D eigenvalue weighted by atomic mass is 10.2. The van der Waals surface area contributed by atoms with Gasteiger partial charge < -0.3 is 15.8 Å². The molecule has 0 amide bonds. The maximum absolute atomic E-state index is 11.3. The van der Waals surface area contributed by atoms with Crippen LogP contribution in [-0.4, -0.2) is 15.1 Å². The second-order valence-corrected chi connectivity index (χ2v) is 4.89. The van der Waals surface area contributed by atoms with Crippen molar-refractivity contribution in [1.29, 1.82) is 0 Å². The quantitative estimate of drug-likeness (QED) is 0.745. The van der Waals surface area contributed by atoms with Gasteiger partial charge in [-0.05, 0) is 12.1 Å². The minimum absolute atomic E-state index is 0.147. The van der Waals surface area contributed by atoms with E-state index in [-0.39, 0.29) is 18.0 Å². The molecule has 0 bridgehead atoms. The Labute approximate surface area is 112 Å². The zero-order valence-electron chi connectivity index (χ0n) is 9.18. The van der Waals surface area contributed by atoms with E-state index in [0.717, 1.165) is 4.90 Å². The first kappa shape index (κ1) is 12.9. The first-order valence-electron chi connectivity index (χ1n) is 5.03. The molecule has 0 saturated carbocycles. The summed E-state index contributed by atoms with van der Waals surface area (Å²) in [5, 5.41) is 10.1. The van der Waals surface area contributed by atoms with Crippen molar-refractivity contribution in [3.05, 3.63) is 45.2 Å². The second-order valence-electron chi connectivity index (χ2n) is 3.45. The molecule has 0 fully saturated rings. The van der Waals surface area contributed by atoms with Crippen LogP contribution in [0.15, 0.2) is 39.1 Å². The minimum Gasteiger partial charge on any atom is -0.392 e. The largest absolute Gasteiger partial charge is 0.392 e. The standard InChI is InChI=1S/C11H10ClN3O2S/c12-7-2-1-3-8(6(7)5-16)18-11-14-9(13)4-10(17)15-11/h1-4,16H,5H2,(H3,13,14,15,17). The van der Waals surface area contributed by atoms with Crippen molar-refractivity contribution in [2.75, 3.05) is 5.73 Å². The van der Waals surface area contributed by atoms with E-state index in [1.54, 1.807) is 18.2 Å². The van der Waals surface area contributed by atoms with Gasteiger partial charge in [-0.25, -0.2) is 4.98 Å². The van der Waals surface area contributed by atoms with E-state index >= 15 is 0 Å². The summed E-state index contributed by atoms with van der Waals surface area (Å²) in [7, 11) is 0. The molecular weight excluding hydrogens is 274 g/mol. The molecule has 2 aromatic rings. The Morgan fingerprint density at radius 1 is 1.50 bits per heavy atom. The maximum atomic E-state index is 11.3. The number of H-pyrrole nitrogens is 1. The van der Waals surface area contributed by atoms with Crippen molar-refractivity contribution in [2.24, 2.45) is 0 Å². The van der Waals surface area contributed by atoms with E-state index in [0.29, 0.717) is 15.7 Å². The van der Waals surface area contributed by atoms with Gasteiger partial charge in [0.15, 0.2) is 5.16 Å². The van der Waals surface area contributed by atoms with Crippen LogP contribution < -0.4 is 11.3 Å². The lowest BCUT2D eigenvalue weighted by molar-refractivity contribution is 0.279. The van der Waals surface area contributed by atoms with Crippen LogP contribution in [0.25, 0.3) is 0 Å². The molecule has 5 nitrogen and oxygen atoms in total. The first-order valence-corrected chi connectivity index (χ1v) is 6.22. The topological polar surface area (TPSA) is 92.0 Å². The highest BCUT2D eigenvalue weighted by molar-refractivity contribution is 7.99. The number of benzene rings is 1. The summed E-state index contributed by atoms with van der Waals surface area (Å²) in [4.78, 5) is 18.5. The summed E-state index contributed by atoms with van der Waals surface area (Å²) in [6.45, 7) is -0.186. The number of nitrogens with zero attached hydrogens (tertiary/aromatic N) is 1. The average molecular weight is 284 g/mol. The van der Waals surface area contributed by atoms with Crippen LogP contribution in [-0.2, 0) is 6.61 Å². The molecule has 0 radical (unpaired) electrons. The van der Waals surface area contributed by atoms with Gasteiger partial charge in [-0.2, -0.15) is 0 Å². The number of halogens is 1. The molecule has 1 aromatic heterocycles. The predicted octanol–water partition coefficient (Wildman–Crippen LogP) is 1.65. The number of aliphatic hydroxyl groups excluding tert-OH is 1. The van der Waals surface area contributed by atoms with E-state index in [4.69, 9.17) is 17.3 Å². The highest BCUT2D eigenvalue weighted by Gasteiger charge is 2.09. The third-order valence-corrected chi connectivity index (χ3v) is 3.52. The number of nitrogens with two attached hydrogens (primary N) is 1. The van der Waals surface area contributed by atoms with Gasteiger partial charge >= 0.3 is 0 Å². The normalized spacial score (nSPS) is 10.6. The number of hydrogen-bond donors (Lipinski definition) is 3. The molecule has 7 heteroatoms.